The first kappa shape index (κ1) is 13.2. The van der Waals surface area contributed by atoms with Crippen molar-refractivity contribution < 1.29 is 9.84 Å². The zero-order valence-electron chi connectivity index (χ0n) is 10.4. The number of aliphatic hydroxyl groups is 1. The van der Waals surface area contributed by atoms with E-state index in [2.05, 4.69) is 33.4 Å². The Morgan fingerprint density at radius 1 is 1.42 bits per heavy atom. The second-order valence-electron chi connectivity index (χ2n) is 4.78. The number of thiophene rings is 1. The lowest BCUT2D eigenvalue weighted by atomic mass is 9.86. The first-order valence-corrected chi connectivity index (χ1v) is 8.04. The van der Waals surface area contributed by atoms with Crippen LogP contribution in [0, 0.1) is 0 Å². The van der Waals surface area contributed by atoms with Gasteiger partial charge in [0.05, 0.1) is 12.7 Å². The molecule has 19 heavy (non-hydrogen) atoms. The summed E-state index contributed by atoms with van der Waals surface area (Å²) in [5.41, 5.74) is 1.14. The fraction of sp³-hybridized carbons (Fsp3) is 0.333. The maximum Gasteiger partial charge on any atom is 0.122 e. The third-order valence-electron chi connectivity index (χ3n) is 3.50. The van der Waals surface area contributed by atoms with Crippen LogP contribution in [-0.4, -0.2) is 17.8 Å². The van der Waals surface area contributed by atoms with Gasteiger partial charge in [0.1, 0.15) is 5.75 Å². The highest BCUT2D eigenvalue weighted by Crippen LogP contribution is 2.37. The van der Waals surface area contributed by atoms with Crippen molar-refractivity contribution in [3.63, 3.8) is 0 Å². The predicted octanol–water partition coefficient (Wildman–Crippen LogP) is 3.98. The number of hydrogen-bond acceptors (Lipinski definition) is 3. The lowest BCUT2D eigenvalue weighted by molar-refractivity contribution is 0.117. The number of rotatable bonds is 3. The Morgan fingerprint density at radius 3 is 3.05 bits per heavy atom. The lowest BCUT2D eigenvalue weighted by Gasteiger charge is -2.29. The largest absolute Gasteiger partial charge is 0.493 e. The molecule has 1 aromatic carbocycles. The van der Waals surface area contributed by atoms with Crippen LogP contribution in [0.4, 0.5) is 0 Å². The molecule has 0 radical (unpaired) electrons. The molecule has 1 aliphatic heterocycles. The molecule has 2 aromatic rings. The van der Waals surface area contributed by atoms with Crippen molar-refractivity contribution in [2.75, 3.05) is 6.61 Å². The highest BCUT2D eigenvalue weighted by atomic mass is 79.9. The first-order valence-electron chi connectivity index (χ1n) is 6.37. The van der Waals surface area contributed by atoms with Gasteiger partial charge in [-0.3, -0.25) is 0 Å². The van der Waals surface area contributed by atoms with Crippen molar-refractivity contribution in [3.8, 4) is 5.75 Å². The molecule has 0 fully saturated rings. The molecule has 0 amide bonds. The Bertz CT molecular complexity index is 567. The quantitative estimate of drug-likeness (QED) is 0.917. The normalized spacial score (nSPS) is 19.6. The van der Waals surface area contributed by atoms with Gasteiger partial charge in [-0.1, -0.05) is 18.2 Å². The molecule has 2 heterocycles. The average Bonchev–Trinajstić information content (AvgIpc) is 2.83. The van der Waals surface area contributed by atoms with Gasteiger partial charge in [0, 0.05) is 27.1 Å². The van der Waals surface area contributed by atoms with Crippen LogP contribution in [-0.2, 0) is 6.42 Å². The third kappa shape index (κ3) is 2.86. The Labute approximate surface area is 125 Å². The van der Waals surface area contributed by atoms with Crippen LogP contribution in [0.25, 0.3) is 0 Å². The van der Waals surface area contributed by atoms with Crippen LogP contribution in [0.5, 0.6) is 5.75 Å². The summed E-state index contributed by atoms with van der Waals surface area (Å²) in [5, 5.41) is 12.6. The number of aliphatic hydroxyl groups excluding tert-OH is 1. The average molecular weight is 339 g/mol. The Hall–Kier alpha value is -0.840. The maximum absolute atomic E-state index is 10.5. The van der Waals surface area contributed by atoms with Gasteiger partial charge in [-0.05, 0) is 40.0 Å². The van der Waals surface area contributed by atoms with Gasteiger partial charge in [0.2, 0.25) is 0 Å². The van der Waals surface area contributed by atoms with E-state index in [0.717, 1.165) is 22.2 Å². The second-order valence-corrected chi connectivity index (χ2v) is 6.70. The summed E-state index contributed by atoms with van der Waals surface area (Å²) in [4.78, 5) is 1.21. The van der Waals surface area contributed by atoms with E-state index in [-0.39, 0.29) is 12.0 Å². The Balaban J connectivity index is 1.79. The van der Waals surface area contributed by atoms with Gasteiger partial charge in [0.15, 0.2) is 0 Å². The fourth-order valence-electron chi connectivity index (χ4n) is 2.58. The number of ether oxygens (including phenoxy) is 1. The minimum absolute atomic E-state index is 0.172. The third-order valence-corrected chi connectivity index (χ3v) is 5.22. The van der Waals surface area contributed by atoms with Crippen molar-refractivity contribution in [2.45, 2.75) is 24.9 Å². The summed E-state index contributed by atoms with van der Waals surface area (Å²) in [6, 6.07) is 10.1. The molecule has 2 nitrogen and oxygen atoms in total. The van der Waals surface area contributed by atoms with E-state index in [4.69, 9.17) is 4.74 Å². The molecule has 4 heteroatoms. The topological polar surface area (TPSA) is 29.5 Å². The number of para-hydroxylation sites is 1. The smallest absolute Gasteiger partial charge is 0.122 e. The summed E-state index contributed by atoms with van der Waals surface area (Å²) in [5.74, 6) is 1.09. The molecule has 1 aliphatic rings. The van der Waals surface area contributed by atoms with Gasteiger partial charge in [-0.2, -0.15) is 0 Å². The molecule has 0 bridgehead atoms. The van der Waals surface area contributed by atoms with Gasteiger partial charge >= 0.3 is 0 Å². The standard InChI is InChI=1S/C15H15BrO2S/c16-10-7-11(19-9-10)8-14(17)12-5-6-18-15-4-2-1-3-13(12)15/h1-4,7,9,12,14,17H,5-6,8H2. The van der Waals surface area contributed by atoms with Gasteiger partial charge in [-0.15, -0.1) is 11.3 Å². The zero-order valence-corrected chi connectivity index (χ0v) is 12.8. The maximum atomic E-state index is 10.5. The molecular formula is C15H15BrO2S. The van der Waals surface area contributed by atoms with Gasteiger partial charge < -0.3 is 9.84 Å². The van der Waals surface area contributed by atoms with Gasteiger partial charge in [0.25, 0.3) is 0 Å². The minimum Gasteiger partial charge on any atom is -0.493 e. The molecule has 0 saturated heterocycles. The van der Waals surface area contributed by atoms with E-state index in [1.807, 2.05) is 18.2 Å². The second kappa shape index (κ2) is 5.65. The number of hydrogen-bond donors (Lipinski definition) is 1. The fourth-order valence-corrected chi connectivity index (χ4v) is 4.08. The molecule has 0 aliphatic carbocycles. The molecular weight excluding hydrogens is 324 g/mol. The lowest BCUT2D eigenvalue weighted by Crippen LogP contribution is -2.26. The summed E-state index contributed by atoms with van der Waals surface area (Å²) in [7, 11) is 0. The molecule has 3 rings (SSSR count). The van der Waals surface area contributed by atoms with E-state index < -0.39 is 0 Å². The Morgan fingerprint density at radius 2 is 2.26 bits per heavy atom. The first-order chi connectivity index (χ1) is 9.24. The van der Waals surface area contributed by atoms with E-state index in [1.54, 1.807) is 11.3 Å². The van der Waals surface area contributed by atoms with Crippen molar-refractivity contribution >= 4 is 27.3 Å². The summed E-state index contributed by atoms with van der Waals surface area (Å²) >= 11 is 5.14. The van der Waals surface area contributed by atoms with Crippen molar-refractivity contribution in [1.82, 2.24) is 0 Å². The van der Waals surface area contributed by atoms with E-state index in [0.29, 0.717) is 13.0 Å². The molecule has 2 unspecified atom stereocenters. The number of halogens is 1. The van der Waals surface area contributed by atoms with E-state index in [1.165, 1.54) is 4.88 Å². The summed E-state index contributed by atoms with van der Waals surface area (Å²) in [6.07, 6.45) is 1.23. The summed E-state index contributed by atoms with van der Waals surface area (Å²) in [6.45, 7) is 0.687. The number of benzene rings is 1. The molecule has 1 aromatic heterocycles. The monoisotopic (exact) mass is 338 g/mol. The molecule has 0 saturated carbocycles. The molecule has 2 atom stereocenters. The Kier molecular flexibility index (Phi) is 3.91. The van der Waals surface area contributed by atoms with Crippen LogP contribution in [0.2, 0.25) is 0 Å². The van der Waals surface area contributed by atoms with Crippen molar-refractivity contribution in [1.29, 1.82) is 0 Å². The molecule has 0 spiro atoms. The van der Waals surface area contributed by atoms with E-state index in [9.17, 15) is 5.11 Å². The van der Waals surface area contributed by atoms with Crippen LogP contribution >= 0.6 is 27.3 Å². The predicted molar refractivity (Wildman–Crippen MR) is 81.0 cm³/mol. The molecule has 100 valence electrons. The van der Waals surface area contributed by atoms with Crippen LogP contribution in [0.1, 0.15) is 22.8 Å². The van der Waals surface area contributed by atoms with Crippen molar-refractivity contribution in [3.05, 3.63) is 50.6 Å². The summed E-state index contributed by atoms with van der Waals surface area (Å²) < 4.78 is 6.73. The SMILES string of the molecule is OC(Cc1cc(Br)cs1)C1CCOc2ccccc21. The van der Waals surface area contributed by atoms with Crippen LogP contribution in [0.3, 0.4) is 0 Å². The molecule has 1 N–H and O–H groups in total. The number of fused-ring (bicyclic) bond motifs is 1. The van der Waals surface area contributed by atoms with Crippen LogP contribution < -0.4 is 4.74 Å². The van der Waals surface area contributed by atoms with E-state index >= 15 is 0 Å². The minimum atomic E-state index is -0.351. The van der Waals surface area contributed by atoms with Crippen molar-refractivity contribution in [2.24, 2.45) is 0 Å². The van der Waals surface area contributed by atoms with Gasteiger partial charge in [-0.25, -0.2) is 0 Å². The van der Waals surface area contributed by atoms with Crippen LogP contribution in [0.15, 0.2) is 40.2 Å². The highest BCUT2D eigenvalue weighted by molar-refractivity contribution is 9.10. The zero-order chi connectivity index (χ0) is 13.2. The highest BCUT2D eigenvalue weighted by Gasteiger charge is 2.27.